The van der Waals surface area contributed by atoms with Crippen LogP contribution in [0.3, 0.4) is 0 Å². The number of thioether (sulfide) groups is 1. The molecule has 2 N–H and O–H groups in total. The number of H-pyrrole nitrogens is 1. The number of hydrogen-bond acceptors (Lipinski definition) is 3. The number of benzene rings is 1. The van der Waals surface area contributed by atoms with Crippen molar-refractivity contribution in [3.05, 3.63) is 46.7 Å². The summed E-state index contributed by atoms with van der Waals surface area (Å²) in [4.78, 5) is 17.3. The van der Waals surface area contributed by atoms with Crippen LogP contribution in [0.4, 0.5) is 0 Å². The van der Waals surface area contributed by atoms with E-state index in [0.717, 1.165) is 5.56 Å². The van der Waals surface area contributed by atoms with Crippen molar-refractivity contribution in [1.29, 1.82) is 0 Å². The van der Waals surface area contributed by atoms with Gasteiger partial charge < -0.3 is 10.1 Å². The van der Waals surface area contributed by atoms with Crippen LogP contribution < -0.4 is 0 Å². The Labute approximate surface area is 107 Å². The van der Waals surface area contributed by atoms with E-state index < -0.39 is 5.97 Å². The zero-order valence-corrected chi connectivity index (χ0v) is 10.3. The van der Waals surface area contributed by atoms with Crippen LogP contribution in [0.25, 0.3) is 0 Å². The third-order valence-electron chi connectivity index (χ3n) is 2.07. The van der Waals surface area contributed by atoms with Crippen LogP contribution in [0.5, 0.6) is 0 Å². The normalized spacial score (nSPS) is 10.4. The SMILES string of the molecule is O=C(O)c1cnc(SCc2ccc(Cl)cc2)[nH]1. The first-order valence-corrected chi connectivity index (χ1v) is 6.17. The monoisotopic (exact) mass is 268 g/mol. The predicted molar refractivity (Wildman–Crippen MR) is 66.6 cm³/mol. The van der Waals surface area contributed by atoms with Gasteiger partial charge >= 0.3 is 5.97 Å². The van der Waals surface area contributed by atoms with Gasteiger partial charge in [0.15, 0.2) is 5.16 Å². The molecule has 0 aliphatic carbocycles. The highest BCUT2D eigenvalue weighted by molar-refractivity contribution is 7.98. The van der Waals surface area contributed by atoms with E-state index in [1.165, 1.54) is 18.0 Å². The molecule has 0 spiro atoms. The number of aromatic amines is 1. The van der Waals surface area contributed by atoms with Crippen molar-refractivity contribution >= 4 is 29.3 Å². The van der Waals surface area contributed by atoms with Gasteiger partial charge in [0.1, 0.15) is 5.69 Å². The number of carboxylic acid groups (broad SMARTS) is 1. The Balaban J connectivity index is 1.97. The molecule has 2 rings (SSSR count). The number of aromatic carboxylic acids is 1. The molecule has 0 saturated carbocycles. The maximum atomic E-state index is 10.6. The number of aromatic nitrogens is 2. The average molecular weight is 269 g/mol. The lowest BCUT2D eigenvalue weighted by Crippen LogP contribution is -1.95. The molecule has 0 radical (unpaired) electrons. The molecule has 0 aliphatic rings. The van der Waals surface area contributed by atoms with E-state index in [4.69, 9.17) is 16.7 Å². The Morgan fingerprint density at radius 3 is 2.71 bits per heavy atom. The minimum absolute atomic E-state index is 0.101. The fourth-order valence-electron chi connectivity index (χ4n) is 1.22. The van der Waals surface area contributed by atoms with E-state index >= 15 is 0 Å². The molecule has 0 saturated heterocycles. The number of hydrogen-bond donors (Lipinski definition) is 2. The van der Waals surface area contributed by atoms with Crippen LogP contribution in [-0.2, 0) is 5.75 Å². The van der Waals surface area contributed by atoms with Gasteiger partial charge in [-0.2, -0.15) is 0 Å². The van der Waals surface area contributed by atoms with Gasteiger partial charge in [0.25, 0.3) is 0 Å². The summed E-state index contributed by atoms with van der Waals surface area (Å²) in [6.45, 7) is 0. The molecule has 4 nitrogen and oxygen atoms in total. The molecule has 1 aromatic carbocycles. The smallest absolute Gasteiger partial charge is 0.353 e. The van der Waals surface area contributed by atoms with Crippen LogP contribution >= 0.6 is 23.4 Å². The van der Waals surface area contributed by atoms with Gasteiger partial charge in [-0.05, 0) is 17.7 Å². The Morgan fingerprint density at radius 1 is 1.41 bits per heavy atom. The largest absolute Gasteiger partial charge is 0.477 e. The predicted octanol–water partition coefficient (Wildman–Crippen LogP) is 3.05. The lowest BCUT2D eigenvalue weighted by molar-refractivity contribution is 0.0690. The summed E-state index contributed by atoms with van der Waals surface area (Å²) in [7, 11) is 0. The second-order valence-corrected chi connectivity index (χ2v) is 4.72. The van der Waals surface area contributed by atoms with Crippen molar-refractivity contribution < 1.29 is 9.90 Å². The van der Waals surface area contributed by atoms with Crippen LogP contribution in [0.2, 0.25) is 5.02 Å². The van der Waals surface area contributed by atoms with Crippen LogP contribution in [0, 0.1) is 0 Å². The fraction of sp³-hybridized carbons (Fsp3) is 0.0909. The van der Waals surface area contributed by atoms with E-state index in [0.29, 0.717) is 15.9 Å². The lowest BCUT2D eigenvalue weighted by atomic mass is 10.2. The summed E-state index contributed by atoms with van der Waals surface area (Å²) < 4.78 is 0. The van der Waals surface area contributed by atoms with Gasteiger partial charge in [-0.25, -0.2) is 9.78 Å². The first-order valence-electron chi connectivity index (χ1n) is 4.80. The zero-order valence-electron chi connectivity index (χ0n) is 8.68. The standard InChI is InChI=1S/C11H9ClN2O2S/c12-8-3-1-7(2-4-8)6-17-11-13-5-9(14-11)10(15)16/h1-5H,6H2,(H,13,14)(H,15,16). The molecule has 0 fully saturated rings. The summed E-state index contributed by atoms with van der Waals surface area (Å²) >= 11 is 7.22. The van der Waals surface area contributed by atoms with Gasteiger partial charge in [-0.1, -0.05) is 35.5 Å². The van der Waals surface area contributed by atoms with Gasteiger partial charge in [-0.3, -0.25) is 0 Å². The van der Waals surface area contributed by atoms with E-state index in [-0.39, 0.29) is 5.69 Å². The molecular formula is C11H9ClN2O2S. The zero-order chi connectivity index (χ0) is 12.3. The minimum atomic E-state index is -1.00. The molecule has 88 valence electrons. The number of carbonyl (C=O) groups is 1. The average Bonchev–Trinajstić information content (AvgIpc) is 2.77. The fourth-order valence-corrected chi connectivity index (χ4v) is 2.15. The summed E-state index contributed by atoms with van der Waals surface area (Å²) in [6, 6.07) is 7.50. The molecule has 1 heterocycles. The summed E-state index contributed by atoms with van der Waals surface area (Å²) in [5.41, 5.74) is 1.20. The van der Waals surface area contributed by atoms with Crippen molar-refractivity contribution in [1.82, 2.24) is 9.97 Å². The van der Waals surface area contributed by atoms with Crippen molar-refractivity contribution in [2.24, 2.45) is 0 Å². The van der Waals surface area contributed by atoms with Crippen molar-refractivity contribution in [2.75, 3.05) is 0 Å². The second-order valence-electron chi connectivity index (χ2n) is 3.32. The first-order chi connectivity index (χ1) is 8.15. The number of halogens is 1. The third kappa shape index (κ3) is 3.25. The van der Waals surface area contributed by atoms with Crippen LogP contribution in [0.1, 0.15) is 16.1 Å². The highest BCUT2D eigenvalue weighted by Crippen LogP contribution is 2.20. The Morgan fingerprint density at radius 2 is 2.12 bits per heavy atom. The van der Waals surface area contributed by atoms with Gasteiger partial charge in [0, 0.05) is 10.8 Å². The topological polar surface area (TPSA) is 66.0 Å². The van der Waals surface area contributed by atoms with Crippen LogP contribution in [0.15, 0.2) is 35.6 Å². The Hall–Kier alpha value is -1.46. The highest BCUT2D eigenvalue weighted by atomic mass is 35.5. The molecule has 17 heavy (non-hydrogen) atoms. The molecule has 0 unspecified atom stereocenters. The molecular weight excluding hydrogens is 260 g/mol. The number of imidazole rings is 1. The summed E-state index contributed by atoms with van der Waals surface area (Å²) in [5, 5.41) is 10.0. The van der Waals surface area contributed by atoms with E-state index in [2.05, 4.69) is 9.97 Å². The quantitative estimate of drug-likeness (QED) is 0.837. The van der Waals surface area contributed by atoms with Crippen LogP contribution in [-0.4, -0.2) is 21.0 Å². The summed E-state index contributed by atoms with van der Waals surface area (Å²) in [6.07, 6.45) is 1.31. The van der Waals surface area contributed by atoms with Gasteiger partial charge in [0.2, 0.25) is 0 Å². The first kappa shape index (κ1) is 12.0. The minimum Gasteiger partial charge on any atom is -0.477 e. The summed E-state index contributed by atoms with van der Waals surface area (Å²) in [5.74, 6) is -0.292. The third-order valence-corrected chi connectivity index (χ3v) is 3.28. The molecule has 2 aromatic rings. The highest BCUT2D eigenvalue weighted by Gasteiger charge is 2.07. The number of nitrogens with zero attached hydrogens (tertiary/aromatic N) is 1. The Kier molecular flexibility index (Phi) is 3.71. The number of rotatable bonds is 4. The molecule has 0 bridgehead atoms. The maximum Gasteiger partial charge on any atom is 0.353 e. The van der Waals surface area contributed by atoms with Gasteiger partial charge in [-0.15, -0.1) is 0 Å². The van der Waals surface area contributed by atoms with E-state index in [9.17, 15) is 4.79 Å². The molecule has 0 amide bonds. The number of carboxylic acids is 1. The van der Waals surface area contributed by atoms with Crippen molar-refractivity contribution in [2.45, 2.75) is 10.9 Å². The van der Waals surface area contributed by atoms with E-state index in [1.54, 1.807) is 0 Å². The van der Waals surface area contributed by atoms with Gasteiger partial charge in [0.05, 0.1) is 6.20 Å². The molecule has 0 atom stereocenters. The lowest BCUT2D eigenvalue weighted by Gasteiger charge is -1.99. The van der Waals surface area contributed by atoms with E-state index in [1.807, 2.05) is 24.3 Å². The molecule has 6 heteroatoms. The Bertz CT molecular complexity index is 525. The number of nitrogens with one attached hydrogen (secondary N) is 1. The van der Waals surface area contributed by atoms with Crippen molar-refractivity contribution in [3.63, 3.8) is 0 Å². The molecule has 0 aliphatic heterocycles. The van der Waals surface area contributed by atoms with Crippen molar-refractivity contribution in [3.8, 4) is 0 Å². The molecule has 1 aromatic heterocycles. The maximum absolute atomic E-state index is 10.6. The second kappa shape index (κ2) is 5.25.